The summed E-state index contributed by atoms with van der Waals surface area (Å²) in [5.41, 5.74) is 1.62. The van der Waals surface area contributed by atoms with Gasteiger partial charge in [-0.05, 0) is 59.0 Å². The van der Waals surface area contributed by atoms with E-state index in [2.05, 4.69) is 26.0 Å². The number of rotatable bonds is 10. The molecule has 176 valence electrons. The molecule has 0 bridgehead atoms. The number of benzene rings is 1. The highest BCUT2D eigenvalue weighted by atomic mass is 79.9. The Kier molecular flexibility index (Phi) is 8.12. The van der Waals surface area contributed by atoms with Gasteiger partial charge in [-0.1, -0.05) is 25.5 Å². The molecular formula is C23H23BrF3N3O3. The zero-order valence-electron chi connectivity index (χ0n) is 17.9. The summed E-state index contributed by atoms with van der Waals surface area (Å²) in [4.78, 5) is 15.0. The molecule has 0 radical (unpaired) electrons. The standard InChI is InChI=1S/C23H23BrF3N3O3/c1-2-5-19-16(14-30(29-19)20-10-9-17(13-28-20)23(25,26)27)7-4-11-33-22-15(12-21(31)32)6-3-8-18(22)24/h3,6,8-10,13-14H,2,4-5,7,11-12H2,1H3,(H,31,32). The van der Waals surface area contributed by atoms with Crippen LogP contribution >= 0.6 is 15.9 Å². The summed E-state index contributed by atoms with van der Waals surface area (Å²) in [6.45, 7) is 2.39. The highest BCUT2D eigenvalue weighted by Gasteiger charge is 2.30. The fraction of sp³-hybridized carbons (Fsp3) is 0.348. The largest absolute Gasteiger partial charge is 0.492 e. The second-order valence-electron chi connectivity index (χ2n) is 7.45. The predicted molar refractivity (Wildman–Crippen MR) is 120 cm³/mol. The minimum absolute atomic E-state index is 0.137. The number of pyridine rings is 1. The number of carboxylic acids is 1. The third kappa shape index (κ3) is 6.56. The van der Waals surface area contributed by atoms with Crippen LogP contribution < -0.4 is 4.74 Å². The Balaban J connectivity index is 1.68. The van der Waals surface area contributed by atoms with Crippen molar-refractivity contribution >= 4 is 21.9 Å². The molecule has 0 atom stereocenters. The Hall–Kier alpha value is -2.88. The van der Waals surface area contributed by atoms with Gasteiger partial charge in [0, 0.05) is 18.0 Å². The number of hydrogen-bond acceptors (Lipinski definition) is 4. The van der Waals surface area contributed by atoms with Gasteiger partial charge in [0.1, 0.15) is 5.75 Å². The van der Waals surface area contributed by atoms with Gasteiger partial charge in [0.2, 0.25) is 0 Å². The SMILES string of the molecule is CCCc1nn(-c2ccc(C(F)(F)F)cn2)cc1CCCOc1c(Br)cccc1CC(=O)O. The van der Waals surface area contributed by atoms with Gasteiger partial charge < -0.3 is 9.84 Å². The number of nitrogens with zero attached hydrogens (tertiary/aromatic N) is 3. The molecule has 0 fully saturated rings. The molecule has 0 saturated heterocycles. The van der Waals surface area contributed by atoms with Gasteiger partial charge in [0.15, 0.2) is 5.82 Å². The van der Waals surface area contributed by atoms with Crippen molar-refractivity contribution in [2.75, 3.05) is 6.61 Å². The van der Waals surface area contributed by atoms with Gasteiger partial charge in [-0.3, -0.25) is 4.79 Å². The average Bonchev–Trinajstić information content (AvgIpc) is 3.15. The van der Waals surface area contributed by atoms with Crippen molar-refractivity contribution in [3.8, 4) is 11.6 Å². The second-order valence-corrected chi connectivity index (χ2v) is 8.30. The summed E-state index contributed by atoms with van der Waals surface area (Å²) in [5.74, 6) is -0.112. The first kappa shape index (κ1) is 24.8. The summed E-state index contributed by atoms with van der Waals surface area (Å²) in [6.07, 6.45) is 0.915. The summed E-state index contributed by atoms with van der Waals surface area (Å²) in [7, 11) is 0. The van der Waals surface area contributed by atoms with Crippen molar-refractivity contribution in [1.82, 2.24) is 14.8 Å². The molecule has 3 rings (SSSR count). The normalized spacial score (nSPS) is 11.5. The van der Waals surface area contributed by atoms with Crippen molar-refractivity contribution < 1.29 is 27.8 Å². The number of aryl methyl sites for hydroxylation is 2. The number of aliphatic carboxylic acids is 1. The molecule has 0 spiro atoms. The van der Waals surface area contributed by atoms with E-state index in [1.54, 1.807) is 24.4 Å². The molecular weight excluding hydrogens is 503 g/mol. The predicted octanol–water partition coefficient (Wildman–Crippen LogP) is 5.64. The first-order valence-electron chi connectivity index (χ1n) is 10.4. The van der Waals surface area contributed by atoms with E-state index in [9.17, 15) is 18.0 Å². The van der Waals surface area contributed by atoms with Crippen molar-refractivity contribution in [3.63, 3.8) is 0 Å². The molecule has 0 unspecified atom stereocenters. The highest BCUT2D eigenvalue weighted by molar-refractivity contribution is 9.10. The van der Waals surface area contributed by atoms with E-state index in [1.807, 2.05) is 6.92 Å². The molecule has 3 aromatic rings. The van der Waals surface area contributed by atoms with Crippen LogP contribution in [-0.4, -0.2) is 32.4 Å². The number of para-hydroxylation sites is 1. The lowest BCUT2D eigenvalue weighted by molar-refractivity contribution is -0.138. The third-order valence-electron chi connectivity index (χ3n) is 4.90. The molecule has 2 heterocycles. The van der Waals surface area contributed by atoms with Gasteiger partial charge in [-0.25, -0.2) is 9.67 Å². The molecule has 33 heavy (non-hydrogen) atoms. The third-order valence-corrected chi connectivity index (χ3v) is 5.53. The summed E-state index contributed by atoms with van der Waals surface area (Å²) < 4.78 is 46.4. The van der Waals surface area contributed by atoms with Crippen LogP contribution in [0.25, 0.3) is 5.82 Å². The summed E-state index contributed by atoms with van der Waals surface area (Å²) in [6, 6.07) is 7.56. The Labute approximate surface area is 197 Å². The van der Waals surface area contributed by atoms with Crippen molar-refractivity contribution in [1.29, 1.82) is 0 Å². The van der Waals surface area contributed by atoms with E-state index in [4.69, 9.17) is 9.84 Å². The lowest BCUT2D eigenvalue weighted by Gasteiger charge is -2.12. The molecule has 10 heteroatoms. The van der Waals surface area contributed by atoms with Crippen LogP contribution in [-0.2, 0) is 30.2 Å². The number of ether oxygens (including phenoxy) is 1. The molecule has 0 saturated carbocycles. The van der Waals surface area contributed by atoms with Gasteiger partial charge in [-0.2, -0.15) is 18.3 Å². The Morgan fingerprint density at radius 3 is 2.61 bits per heavy atom. The van der Waals surface area contributed by atoms with E-state index >= 15 is 0 Å². The molecule has 0 aliphatic heterocycles. The second kappa shape index (κ2) is 10.8. The molecule has 1 aromatic carbocycles. The Morgan fingerprint density at radius 1 is 1.18 bits per heavy atom. The quantitative estimate of drug-likeness (QED) is 0.346. The smallest absolute Gasteiger partial charge is 0.417 e. The molecule has 2 aromatic heterocycles. The van der Waals surface area contributed by atoms with Crippen LogP contribution in [0.15, 0.2) is 47.2 Å². The first-order valence-corrected chi connectivity index (χ1v) is 11.2. The number of halogens is 4. The zero-order chi connectivity index (χ0) is 24.0. The Morgan fingerprint density at radius 2 is 1.97 bits per heavy atom. The van der Waals surface area contributed by atoms with Crippen LogP contribution in [0.5, 0.6) is 5.75 Å². The zero-order valence-corrected chi connectivity index (χ0v) is 19.5. The van der Waals surface area contributed by atoms with Crippen LogP contribution in [0.2, 0.25) is 0 Å². The first-order chi connectivity index (χ1) is 15.7. The van der Waals surface area contributed by atoms with Gasteiger partial charge in [-0.15, -0.1) is 0 Å². The fourth-order valence-corrected chi connectivity index (χ4v) is 3.88. The van der Waals surface area contributed by atoms with Gasteiger partial charge in [0.05, 0.1) is 28.8 Å². The number of carboxylic acid groups (broad SMARTS) is 1. The lowest BCUT2D eigenvalue weighted by Crippen LogP contribution is -2.07. The maximum absolute atomic E-state index is 12.8. The molecule has 1 N–H and O–H groups in total. The van der Waals surface area contributed by atoms with Crippen LogP contribution in [0.4, 0.5) is 13.2 Å². The lowest BCUT2D eigenvalue weighted by atomic mass is 10.1. The topological polar surface area (TPSA) is 77.2 Å². The number of hydrogen-bond donors (Lipinski definition) is 1. The van der Waals surface area contributed by atoms with Crippen molar-refractivity contribution in [2.45, 2.75) is 45.2 Å². The van der Waals surface area contributed by atoms with E-state index in [-0.39, 0.29) is 6.42 Å². The van der Waals surface area contributed by atoms with Crippen molar-refractivity contribution in [2.24, 2.45) is 0 Å². The number of carbonyl (C=O) groups is 1. The highest BCUT2D eigenvalue weighted by Crippen LogP contribution is 2.30. The monoisotopic (exact) mass is 525 g/mol. The van der Waals surface area contributed by atoms with Crippen molar-refractivity contribution in [3.05, 3.63) is 69.6 Å². The minimum atomic E-state index is -4.44. The maximum Gasteiger partial charge on any atom is 0.417 e. The molecule has 6 nitrogen and oxygen atoms in total. The van der Waals surface area contributed by atoms with Gasteiger partial charge in [0.25, 0.3) is 0 Å². The maximum atomic E-state index is 12.8. The van der Waals surface area contributed by atoms with Crippen LogP contribution in [0.1, 0.15) is 42.1 Å². The van der Waals surface area contributed by atoms with E-state index in [1.165, 1.54) is 10.7 Å². The average molecular weight is 526 g/mol. The summed E-state index contributed by atoms with van der Waals surface area (Å²) >= 11 is 3.40. The van der Waals surface area contributed by atoms with E-state index < -0.39 is 17.7 Å². The number of aromatic nitrogens is 3. The van der Waals surface area contributed by atoms with Crippen LogP contribution in [0.3, 0.4) is 0 Å². The fourth-order valence-electron chi connectivity index (χ4n) is 3.36. The van der Waals surface area contributed by atoms with E-state index in [0.29, 0.717) is 41.1 Å². The molecule has 0 aliphatic rings. The van der Waals surface area contributed by atoms with E-state index in [0.717, 1.165) is 36.4 Å². The van der Waals surface area contributed by atoms with Crippen LogP contribution in [0, 0.1) is 0 Å². The minimum Gasteiger partial charge on any atom is -0.492 e. The van der Waals surface area contributed by atoms with Gasteiger partial charge >= 0.3 is 12.1 Å². The Bertz CT molecular complexity index is 1100. The number of alkyl halides is 3. The molecule has 0 amide bonds. The summed E-state index contributed by atoms with van der Waals surface area (Å²) in [5, 5.41) is 13.6. The molecule has 0 aliphatic carbocycles.